The molecule has 0 aromatic carbocycles. The lowest BCUT2D eigenvalue weighted by Crippen LogP contribution is -2.30. The second-order valence-corrected chi connectivity index (χ2v) is 9.59. The van der Waals surface area contributed by atoms with E-state index in [4.69, 9.17) is 10.5 Å². The fraction of sp³-hybridized carbons (Fsp3) is 0.450. The number of rotatable bonds is 7. The number of nitrogen functional groups attached to an aromatic ring is 1. The summed E-state index contributed by atoms with van der Waals surface area (Å²) in [4.78, 5) is 29.5. The number of aliphatic hydroxyl groups is 1. The molecule has 11 heteroatoms. The van der Waals surface area contributed by atoms with Crippen LogP contribution in [-0.2, 0) is 21.1 Å². The van der Waals surface area contributed by atoms with E-state index in [0.29, 0.717) is 0 Å². The summed E-state index contributed by atoms with van der Waals surface area (Å²) in [6, 6.07) is 2.96. The molecule has 2 aromatic heterocycles. The summed E-state index contributed by atoms with van der Waals surface area (Å²) >= 11 is 0. The van der Waals surface area contributed by atoms with Crippen LogP contribution in [0, 0.1) is 11.8 Å². The van der Waals surface area contributed by atoms with Crippen molar-refractivity contribution in [2.45, 2.75) is 25.5 Å². The quantitative estimate of drug-likeness (QED) is 0.478. The monoisotopic (exact) mass is 450 g/mol. The molecule has 0 bridgehead atoms. The van der Waals surface area contributed by atoms with Crippen LogP contribution in [-0.4, -0.2) is 67.4 Å². The molecule has 0 radical (unpaired) electrons. The van der Waals surface area contributed by atoms with Crippen LogP contribution in [0.4, 0.5) is 5.82 Å². The molecule has 2 rings (SSSR count). The molecule has 0 aliphatic heterocycles. The van der Waals surface area contributed by atoms with Gasteiger partial charge in [0.25, 0.3) is 5.91 Å². The number of sulfone groups is 1. The lowest BCUT2D eigenvalue weighted by atomic mass is 10.1. The van der Waals surface area contributed by atoms with Crippen LogP contribution in [0.1, 0.15) is 29.4 Å². The molecular formula is C20H26N4O6S. The maximum Gasteiger partial charge on any atom is 0.258 e. The van der Waals surface area contributed by atoms with Crippen LogP contribution < -0.4 is 16.5 Å². The van der Waals surface area contributed by atoms with Gasteiger partial charge in [0.2, 0.25) is 5.43 Å². The highest BCUT2D eigenvalue weighted by Gasteiger charge is 2.21. The van der Waals surface area contributed by atoms with E-state index in [0.717, 1.165) is 6.26 Å². The number of amides is 1. The van der Waals surface area contributed by atoms with Gasteiger partial charge in [0.15, 0.2) is 0 Å². The Balaban J connectivity index is 2.68. The second-order valence-electron chi connectivity index (χ2n) is 7.33. The molecule has 10 nitrogen and oxygen atoms in total. The normalized spacial score (nSPS) is 13.3. The number of aryl methyl sites for hydroxylation is 1. The predicted molar refractivity (Wildman–Crippen MR) is 118 cm³/mol. The smallest absolute Gasteiger partial charge is 0.258 e. The number of nitrogens with zero attached hydrogens (tertiary/aromatic N) is 2. The number of nitrogens with one attached hydrogen (secondary N) is 1. The first-order chi connectivity index (χ1) is 14.4. The van der Waals surface area contributed by atoms with Crippen molar-refractivity contribution in [3.05, 3.63) is 33.6 Å². The van der Waals surface area contributed by atoms with Crippen LogP contribution in [0.15, 0.2) is 16.9 Å². The summed E-state index contributed by atoms with van der Waals surface area (Å²) in [5, 5.41) is 12.7. The molecule has 4 N–H and O–H groups in total. The Labute approximate surface area is 180 Å². The lowest BCUT2D eigenvalue weighted by Gasteiger charge is -2.16. The predicted octanol–water partition coefficient (Wildman–Crippen LogP) is -0.478. The molecule has 0 aliphatic rings. The fourth-order valence-corrected chi connectivity index (χ4v) is 3.63. The third-order valence-electron chi connectivity index (χ3n) is 4.39. The van der Waals surface area contributed by atoms with Gasteiger partial charge in [0.05, 0.1) is 17.7 Å². The summed E-state index contributed by atoms with van der Waals surface area (Å²) in [7, 11) is -0.402. The standard InChI is InChI=1S/C20H26N4O6S/c1-20(27,12-30-3)9-8-13-6-7-14-16(25)15(19(26)22-2)17(21)24(18(14)23-13)10-5-11-31(4,28)29/h6-7,27H,5,10-12,21H2,1-4H3,(H,22,26). The van der Waals surface area contributed by atoms with Gasteiger partial charge in [-0.3, -0.25) is 9.59 Å². The summed E-state index contributed by atoms with van der Waals surface area (Å²) in [5.74, 6) is 4.51. The summed E-state index contributed by atoms with van der Waals surface area (Å²) in [6.07, 6.45) is 1.32. The van der Waals surface area contributed by atoms with Gasteiger partial charge in [0, 0.05) is 27.0 Å². The Morgan fingerprint density at radius 2 is 2.10 bits per heavy atom. The van der Waals surface area contributed by atoms with Crippen LogP contribution in [0.3, 0.4) is 0 Å². The Hall–Kier alpha value is -2.94. The SMILES string of the molecule is CNC(=O)c1c(N)n(CCCS(C)(=O)=O)c2nc(C#CC(C)(O)COC)ccc2c1=O. The average Bonchev–Trinajstić information content (AvgIpc) is 2.67. The van der Waals surface area contributed by atoms with E-state index >= 15 is 0 Å². The van der Waals surface area contributed by atoms with Crippen LogP contribution >= 0.6 is 0 Å². The van der Waals surface area contributed by atoms with Crippen molar-refractivity contribution >= 4 is 32.6 Å². The summed E-state index contributed by atoms with van der Waals surface area (Å²) in [5.41, 5.74) is 4.32. The van der Waals surface area contributed by atoms with Gasteiger partial charge in [-0.25, -0.2) is 13.4 Å². The zero-order valence-corrected chi connectivity index (χ0v) is 18.7. The minimum absolute atomic E-state index is 0.00772. The van der Waals surface area contributed by atoms with E-state index in [1.54, 1.807) is 0 Å². The fourth-order valence-electron chi connectivity index (χ4n) is 2.97. The van der Waals surface area contributed by atoms with Crippen LogP contribution in [0.5, 0.6) is 0 Å². The number of hydrogen-bond acceptors (Lipinski definition) is 8. The molecule has 0 aliphatic carbocycles. The van der Waals surface area contributed by atoms with E-state index in [9.17, 15) is 23.1 Å². The largest absolute Gasteiger partial charge is 0.384 e. The van der Waals surface area contributed by atoms with Crippen molar-refractivity contribution < 1.29 is 23.1 Å². The highest BCUT2D eigenvalue weighted by atomic mass is 32.2. The van der Waals surface area contributed by atoms with Gasteiger partial charge >= 0.3 is 0 Å². The number of hydrogen-bond donors (Lipinski definition) is 3. The van der Waals surface area contributed by atoms with Gasteiger partial charge in [0.1, 0.15) is 38.2 Å². The Kier molecular flexibility index (Phi) is 7.43. The Morgan fingerprint density at radius 1 is 1.42 bits per heavy atom. The highest BCUT2D eigenvalue weighted by Crippen LogP contribution is 2.18. The molecule has 31 heavy (non-hydrogen) atoms. The van der Waals surface area contributed by atoms with E-state index in [1.807, 2.05) is 0 Å². The second kappa shape index (κ2) is 9.47. The van der Waals surface area contributed by atoms with Crippen LogP contribution in [0.2, 0.25) is 0 Å². The molecule has 0 saturated carbocycles. The molecule has 1 unspecified atom stereocenters. The van der Waals surface area contributed by atoms with Gasteiger partial charge in [-0.2, -0.15) is 0 Å². The number of fused-ring (bicyclic) bond motifs is 1. The van der Waals surface area contributed by atoms with E-state index < -0.39 is 26.8 Å². The van der Waals surface area contributed by atoms with Crippen molar-refractivity contribution in [1.29, 1.82) is 0 Å². The molecule has 2 aromatic rings. The van der Waals surface area contributed by atoms with Crippen molar-refractivity contribution in [2.24, 2.45) is 0 Å². The maximum atomic E-state index is 12.9. The first-order valence-corrected chi connectivity index (χ1v) is 11.4. The molecule has 0 fully saturated rings. The topological polar surface area (TPSA) is 154 Å². The van der Waals surface area contributed by atoms with E-state index in [1.165, 1.54) is 37.8 Å². The first kappa shape index (κ1) is 24.3. The number of anilines is 1. The van der Waals surface area contributed by atoms with E-state index in [-0.39, 0.29) is 53.4 Å². The third kappa shape index (κ3) is 6.04. The number of carbonyl (C=O) groups excluding carboxylic acids is 1. The minimum atomic E-state index is -3.22. The van der Waals surface area contributed by atoms with Gasteiger partial charge < -0.3 is 25.5 Å². The van der Waals surface area contributed by atoms with Crippen LogP contribution in [0.25, 0.3) is 11.0 Å². The number of nitrogens with two attached hydrogens (primary N) is 1. The zero-order chi connectivity index (χ0) is 23.4. The lowest BCUT2D eigenvalue weighted by molar-refractivity contribution is 0.0274. The Bertz CT molecular complexity index is 1220. The van der Waals surface area contributed by atoms with Crippen molar-refractivity contribution in [3.63, 3.8) is 0 Å². The van der Waals surface area contributed by atoms with Crippen molar-refractivity contribution in [2.75, 3.05) is 38.5 Å². The highest BCUT2D eigenvalue weighted by molar-refractivity contribution is 7.90. The summed E-state index contributed by atoms with van der Waals surface area (Å²) < 4.78 is 29.4. The number of carbonyl (C=O) groups is 1. The van der Waals surface area contributed by atoms with Gasteiger partial charge in [-0.15, -0.1) is 0 Å². The molecule has 168 valence electrons. The molecule has 2 heterocycles. The number of methoxy groups -OCH3 is 1. The first-order valence-electron chi connectivity index (χ1n) is 9.37. The summed E-state index contributed by atoms with van der Waals surface area (Å²) in [6.45, 7) is 1.59. The number of ether oxygens (including phenoxy) is 1. The van der Waals surface area contributed by atoms with Gasteiger partial charge in [-0.05, 0) is 31.4 Å². The number of pyridine rings is 2. The minimum Gasteiger partial charge on any atom is -0.384 e. The average molecular weight is 451 g/mol. The molecule has 1 atom stereocenters. The van der Waals surface area contributed by atoms with E-state index in [2.05, 4.69) is 22.1 Å². The molecule has 0 spiro atoms. The maximum absolute atomic E-state index is 12.9. The third-order valence-corrected chi connectivity index (χ3v) is 5.42. The molecule has 0 saturated heterocycles. The zero-order valence-electron chi connectivity index (χ0n) is 17.9. The van der Waals surface area contributed by atoms with Gasteiger partial charge in [-0.1, -0.05) is 5.92 Å². The molecular weight excluding hydrogens is 424 g/mol. The Morgan fingerprint density at radius 3 is 2.68 bits per heavy atom. The molecule has 1 amide bonds. The number of aromatic nitrogens is 2. The van der Waals surface area contributed by atoms with Crippen molar-refractivity contribution in [3.8, 4) is 11.8 Å². The van der Waals surface area contributed by atoms with Crippen molar-refractivity contribution in [1.82, 2.24) is 14.9 Å².